The van der Waals surface area contributed by atoms with Crippen molar-refractivity contribution in [2.24, 2.45) is 0 Å². The minimum Gasteiger partial charge on any atom is -0.465 e. The van der Waals surface area contributed by atoms with E-state index >= 15 is 0 Å². The molecule has 110 valence electrons. The van der Waals surface area contributed by atoms with Crippen molar-refractivity contribution in [3.8, 4) is 0 Å². The first-order chi connectivity index (χ1) is 9.16. The largest absolute Gasteiger partial charge is 0.465 e. The Bertz CT molecular complexity index is 279. The number of β-lactam (4-membered cyclic amide) rings is 1. The van der Waals surface area contributed by atoms with Crippen LogP contribution in [0.2, 0.25) is 0 Å². The van der Waals surface area contributed by atoms with Crippen molar-refractivity contribution in [2.45, 2.75) is 64.3 Å². The molecular weight excluding hydrogens is 244 g/mol. The first kappa shape index (κ1) is 15.8. The van der Waals surface area contributed by atoms with Crippen molar-refractivity contribution in [1.29, 1.82) is 0 Å². The highest BCUT2D eigenvalue weighted by Gasteiger charge is 2.35. The van der Waals surface area contributed by atoms with E-state index in [4.69, 9.17) is 5.11 Å². The lowest BCUT2D eigenvalue weighted by Crippen LogP contribution is -2.63. The molecule has 19 heavy (non-hydrogen) atoms. The van der Waals surface area contributed by atoms with Gasteiger partial charge in [-0.05, 0) is 6.42 Å². The van der Waals surface area contributed by atoms with Crippen molar-refractivity contribution < 1.29 is 14.7 Å². The minimum absolute atomic E-state index is 0.182. The predicted octanol–water partition coefficient (Wildman–Crippen LogP) is 2.61. The Kier molecular flexibility index (Phi) is 7.30. The molecule has 0 aromatic carbocycles. The first-order valence-corrected chi connectivity index (χ1v) is 7.44. The Morgan fingerprint density at radius 3 is 2.05 bits per heavy atom. The van der Waals surface area contributed by atoms with E-state index in [1.807, 2.05) is 6.92 Å². The summed E-state index contributed by atoms with van der Waals surface area (Å²) < 4.78 is 0. The molecule has 1 heterocycles. The van der Waals surface area contributed by atoms with Gasteiger partial charge in [0.2, 0.25) is 5.91 Å². The van der Waals surface area contributed by atoms with Gasteiger partial charge in [-0.2, -0.15) is 0 Å². The molecule has 2 rings (SSSR count). The number of unbranched alkanes of at least 4 members (excludes halogenated alkanes) is 1. The quantitative estimate of drug-likeness (QED) is 0.771. The fourth-order valence-electron chi connectivity index (χ4n) is 2.30. The number of carbonyl (C=O) groups excluding carboxylic acids is 1. The molecule has 1 saturated carbocycles. The van der Waals surface area contributed by atoms with Crippen LogP contribution in [0.3, 0.4) is 0 Å². The third kappa shape index (κ3) is 5.49. The van der Waals surface area contributed by atoms with Crippen LogP contribution >= 0.6 is 0 Å². The zero-order valence-electron chi connectivity index (χ0n) is 11.9. The summed E-state index contributed by atoms with van der Waals surface area (Å²) >= 11 is 0. The summed E-state index contributed by atoms with van der Waals surface area (Å²) in [5.41, 5.74) is 0. The Morgan fingerprint density at radius 1 is 1.26 bits per heavy atom. The number of hydrogen-bond acceptors (Lipinski definition) is 2. The predicted molar refractivity (Wildman–Crippen MR) is 74.1 cm³/mol. The molecule has 5 nitrogen and oxygen atoms in total. The highest BCUT2D eigenvalue weighted by molar-refractivity contribution is 5.90. The van der Waals surface area contributed by atoms with Crippen LogP contribution in [0.5, 0.6) is 0 Å². The van der Waals surface area contributed by atoms with Crippen molar-refractivity contribution >= 4 is 12.0 Å². The van der Waals surface area contributed by atoms with Gasteiger partial charge in [-0.1, -0.05) is 51.9 Å². The van der Waals surface area contributed by atoms with Gasteiger partial charge in [-0.25, -0.2) is 4.79 Å². The van der Waals surface area contributed by atoms with E-state index in [-0.39, 0.29) is 5.91 Å². The smallest absolute Gasteiger partial charge is 0.408 e. The van der Waals surface area contributed by atoms with E-state index in [2.05, 4.69) is 5.32 Å². The number of hydrogen-bond donors (Lipinski definition) is 2. The van der Waals surface area contributed by atoms with E-state index in [0.717, 1.165) is 12.8 Å². The van der Waals surface area contributed by atoms with Crippen LogP contribution in [-0.4, -0.2) is 41.1 Å². The molecule has 2 N–H and O–H groups in total. The van der Waals surface area contributed by atoms with Crippen molar-refractivity contribution in [3.63, 3.8) is 0 Å². The molecule has 1 saturated heterocycles. The molecule has 0 aromatic rings. The Labute approximate surface area is 115 Å². The summed E-state index contributed by atoms with van der Waals surface area (Å²) in [6.07, 6.45) is 9.72. The molecule has 0 unspecified atom stereocenters. The molecule has 0 aromatic heterocycles. The summed E-state index contributed by atoms with van der Waals surface area (Å²) in [7, 11) is 0. The standard InChI is InChI=1S/C8H14N2O3.C6H12/c1-2-3-4-10(8(12)13)6-5-9-7(6)11;1-2-4-6-5-3-1/h6H,2-5H2,1H3,(H,9,11)(H,12,13);1-6H2/t6-;/m1./s1. The van der Waals surface area contributed by atoms with Gasteiger partial charge in [0.25, 0.3) is 0 Å². The fraction of sp³-hybridized carbons (Fsp3) is 0.857. The van der Waals surface area contributed by atoms with E-state index in [9.17, 15) is 9.59 Å². The SMILES string of the molecule is C1CCCCC1.CCCCN(C(=O)O)[C@@H]1CNC1=O. The molecule has 5 heteroatoms. The zero-order valence-corrected chi connectivity index (χ0v) is 11.9. The highest BCUT2D eigenvalue weighted by atomic mass is 16.4. The summed E-state index contributed by atoms with van der Waals surface area (Å²) in [6.45, 7) is 2.89. The molecule has 1 atom stereocenters. The maximum atomic E-state index is 10.9. The van der Waals surface area contributed by atoms with Gasteiger partial charge in [-0.15, -0.1) is 0 Å². The number of nitrogens with zero attached hydrogens (tertiary/aromatic N) is 1. The van der Waals surface area contributed by atoms with E-state index in [0.29, 0.717) is 13.1 Å². The monoisotopic (exact) mass is 270 g/mol. The van der Waals surface area contributed by atoms with Gasteiger partial charge in [-0.3, -0.25) is 9.69 Å². The van der Waals surface area contributed by atoms with E-state index < -0.39 is 12.1 Å². The first-order valence-electron chi connectivity index (χ1n) is 7.44. The van der Waals surface area contributed by atoms with Gasteiger partial charge >= 0.3 is 6.09 Å². The second kappa shape index (κ2) is 8.77. The van der Waals surface area contributed by atoms with Gasteiger partial charge < -0.3 is 10.4 Å². The van der Waals surface area contributed by atoms with Gasteiger partial charge in [0.05, 0.1) is 0 Å². The summed E-state index contributed by atoms with van der Waals surface area (Å²) in [4.78, 5) is 22.9. The molecule has 2 aliphatic rings. The molecular formula is C14H26N2O3. The number of carbonyl (C=O) groups is 2. The average Bonchev–Trinajstić information content (AvgIpc) is 2.43. The lowest BCUT2D eigenvalue weighted by Gasteiger charge is -2.34. The second-order valence-electron chi connectivity index (χ2n) is 5.21. The molecule has 1 aliphatic heterocycles. The third-order valence-electron chi connectivity index (χ3n) is 3.65. The van der Waals surface area contributed by atoms with E-state index in [1.165, 1.54) is 43.4 Å². The van der Waals surface area contributed by atoms with Crippen LogP contribution in [0.25, 0.3) is 0 Å². The van der Waals surface area contributed by atoms with Crippen LogP contribution in [0, 0.1) is 0 Å². The fourth-order valence-corrected chi connectivity index (χ4v) is 2.30. The van der Waals surface area contributed by atoms with Crippen LogP contribution in [0.15, 0.2) is 0 Å². The molecule has 2 amide bonds. The minimum atomic E-state index is -1.01. The molecule has 0 radical (unpaired) electrons. The van der Waals surface area contributed by atoms with Gasteiger partial charge in [0, 0.05) is 13.1 Å². The topological polar surface area (TPSA) is 69.6 Å². The number of carboxylic acid groups (broad SMARTS) is 1. The average molecular weight is 270 g/mol. The maximum absolute atomic E-state index is 10.9. The second-order valence-corrected chi connectivity index (χ2v) is 5.21. The van der Waals surface area contributed by atoms with Crippen LogP contribution in [-0.2, 0) is 4.79 Å². The Hall–Kier alpha value is -1.26. The van der Waals surface area contributed by atoms with Crippen molar-refractivity contribution in [2.75, 3.05) is 13.1 Å². The highest BCUT2D eigenvalue weighted by Crippen LogP contribution is 2.15. The Balaban J connectivity index is 0.000000250. The van der Waals surface area contributed by atoms with Gasteiger partial charge in [0.1, 0.15) is 6.04 Å². The lowest BCUT2D eigenvalue weighted by atomic mass is 10.0. The van der Waals surface area contributed by atoms with Crippen LogP contribution < -0.4 is 5.32 Å². The Morgan fingerprint density at radius 2 is 1.79 bits per heavy atom. The van der Waals surface area contributed by atoms with Crippen LogP contribution in [0.4, 0.5) is 4.79 Å². The summed E-state index contributed by atoms with van der Waals surface area (Å²) in [5.74, 6) is -0.182. The molecule has 2 fully saturated rings. The number of amides is 2. The normalized spacial score (nSPS) is 21.5. The molecule has 1 aliphatic carbocycles. The van der Waals surface area contributed by atoms with Crippen molar-refractivity contribution in [3.05, 3.63) is 0 Å². The molecule has 0 spiro atoms. The summed E-state index contributed by atoms with van der Waals surface area (Å²) in [6, 6.07) is -0.455. The summed E-state index contributed by atoms with van der Waals surface area (Å²) in [5, 5.41) is 11.3. The van der Waals surface area contributed by atoms with Crippen molar-refractivity contribution in [1.82, 2.24) is 10.2 Å². The number of rotatable bonds is 4. The third-order valence-corrected chi connectivity index (χ3v) is 3.65. The van der Waals surface area contributed by atoms with Gasteiger partial charge in [0.15, 0.2) is 0 Å². The number of nitrogens with one attached hydrogen (secondary N) is 1. The lowest BCUT2D eigenvalue weighted by molar-refractivity contribution is -0.132. The maximum Gasteiger partial charge on any atom is 0.408 e. The molecule has 0 bridgehead atoms. The zero-order chi connectivity index (χ0) is 14.1. The van der Waals surface area contributed by atoms with Crippen LogP contribution in [0.1, 0.15) is 58.3 Å². The van der Waals surface area contributed by atoms with E-state index in [1.54, 1.807) is 0 Å².